The Balaban J connectivity index is 2.15. The van der Waals surface area contributed by atoms with Crippen molar-refractivity contribution >= 4 is 39.1 Å². The molecule has 1 aromatic rings. The Hall–Kier alpha value is 0.280. The van der Waals surface area contributed by atoms with E-state index in [9.17, 15) is 0 Å². The molecule has 0 N–H and O–H groups in total. The molecule has 16 heavy (non-hydrogen) atoms. The van der Waals surface area contributed by atoms with E-state index in [1.165, 1.54) is 12.8 Å². The number of halogens is 3. The predicted octanol–water partition coefficient (Wildman–Crippen LogP) is 5.35. The van der Waals surface area contributed by atoms with Gasteiger partial charge in [-0.05, 0) is 48.8 Å². The average Bonchev–Trinajstić information content (AvgIpc) is 2.55. The van der Waals surface area contributed by atoms with E-state index < -0.39 is 0 Å². The maximum atomic E-state index is 6.20. The first kappa shape index (κ1) is 12.7. The minimum Gasteiger partial charge on any atom is -0.0888 e. The van der Waals surface area contributed by atoms with Crippen molar-refractivity contribution in [3.8, 4) is 0 Å². The Morgan fingerprint density at radius 3 is 2.38 bits per heavy atom. The summed E-state index contributed by atoms with van der Waals surface area (Å²) >= 11 is 16.1. The summed E-state index contributed by atoms with van der Waals surface area (Å²) in [5.41, 5.74) is 1.12. The zero-order valence-electron chi connectivity index (χ0n) is 9.22. The Bertz CT molecular complexity index is 358. The summed E-state index contributed by atoms with van der Waals surface area (Å²) in [6.07, 6.45) is 3.52. The Labute approximate surface area is 115 Å². The lowest BCUT2D eigenvalue weighted by Gasteiger charge is -2.18. The third kappa shape index (κ3) is 2.57. The van der Waals surface area contributed by atoms with E-state index in [-0.39, 0.29) is 0 Å². The topological polar surface area (TPSA) is 0 Å². The van der Waals surface area contributed by atoms with Gasteiger partial charge in [0.25, 0.3) is 0 Å². The van der Waals surface area contributed by atoms with Gasteiger partial charge < -0.3 is 0 Å². The zero-order valence-corrected chi connectivity index (χ0v) is 12.3. The minimum atomic E-state index is 0.652. The summed E-state index contributed by atoms with van der Waals surface area (Å²) in [5, 5.41) is 1.61. The van der Waals surface area contributed by atoms with Crippen LogP contribution in [0.25, 0.3) is 0 Å². The highest BCUT2D eigenvalue weighted by molar-refractivity contribution is 9.09. The largest absolute Gasteiger partial charge is 0.0888 e. The third-order valence-electron chi connectivity index (χ3n) is 3.66. The Kier molecular flexibility index (Phi) is 4.21. The van der Waals surface area contributed by atoms with Crippen molar-refractivity contribution in [1.82, 2.24) is 0 Å². The first-order chi connectivity index (χ1) is 7.59. The lowest BCUT2D eigenvalue weighted by molar-refractivity contribution is 0.423. The highest BCUT2D eigenvalue weighted by Crippen LogP contribution is 2.40. The molecule has 0 bridgehead atoms. The van der Waals surface area contributed by atoms with E-state index in [4.69, 9.17) is 23.2 Å². The summed E-state index contributed by atoms with van der Waals surface area (Å²) < 4.78 is 0. The number of hydrogen-bond donors (Lipinski definition) is 0. The second-order valence-corrected chi connectivity index (χ2v) is 6.61. The standard InChI is InChI=1S/C13H15BrCl2/c1-8-9(5-6-11(8)14)7-10-12(15)3-2-4-13(10)16/h2-4,8-9,11H,5-7H2,1H3. The van der Waals surface area contributed by atoms with Gasteiger partial charge in [-0.25, -0.2) is 0 Å². The van der Waals surface area contributed by atoms with Crippen molar-refractivity contribution in [3.05, 3.63) is 33.8 Å². The molecular formula is C13H15BrCl2. The molecule has 0 spiro atoms. The van der Waals surface area contributed by atoms with Gasteiger partial charge in [-0.2, -0.15) is 0 Å². The fourth-order valence-electron chi connectivity index (χ4n) is 2.47. The van der Waals surface area contributed by atoms with Crippen LogP contribution in [-0.4, -0.2) is 4.83 Å². The minimum absolute atomic E-state index is 0.652. The molecule has 0 heterocycles. The van der Waals surface area contributed by atoms with E-state index in [2.05, 4.69) is 22.9 Å². The predicted molar refractivity (Wildman–Crippen MR) is 74.8 cm³/mol. The van der Waals surface area contributed by atoms with Crippen molar-refractivity contribution in [2.45, 2.75) is 31.0 Å². The summed E-state index contributed by atoms with van der Waals surface area (Å²) in [6, 6.07) is 5.75. The van der Waals surface area contributed by atoms with Gasteiger partial charge in [-0.1, -0.05) is 52.1 Å². The van der Waals surface area contributed by atoms with Gasteiger partial charge in [0.2, 0.25) is 0 Å². The van der Waals surface area contributed by atoms with Crippen LogP contribution < -0.4 is 0 Å². The van der Waals surface area contributed by atoms with Gasteiger partial charge in [-0.3, -0.25) is 0 Å². The van der Waals surface area contributed by atoms with Gasteiger partial charge in [0, 0.05) is 14.9 Å². The monoisotopic (exact) mass is 320 g/mol. The number of hydrogen-bond acceptors (Lipinski definition) is 0. The molecule has 0 amide bonds. The molecule has 1 aliphatic rings. The summed E-state index contributed by atoms with van der Waals surface area (Å²) in [5.74, 6) is 1.40. The highest BCUT2D eigenvalue weighted by Gasteiger charge is 2.31. The second kappa shape index (κ2) is 5.29. The fourth-order valence-corrected chi connectivity index (χ4v) is 3.72. The van der Waals surface area contributed by atoms with Crippen LogP contribution in [0.1, 0.15) is 25.3 Å². The molecule has 1 aliphatic carbocycles. The molecule has 1 aromatic carbocycles. The van der Waals surface area contributed by atoms with Crippen LogP contribution in [0.3, 0.4) is 0 Å². The van der Waals surface area contributed by atoms with Gasteiger partial charge >= 0.3 is 0 Å². The Morgan fingerprint density at radius 1 is 1.25 bits per heavy atom. The summed E-state index contributed by atoms with van der Waals surface area (Å²) in [6.45, 7) is 2.31. The smallest absolute Gasteiger partial charge is 0.0452 e. The van der Waals surface area contributed by atoms with E-state index in [1.54, 1.807) is 0 Å². The van der Waals surface area contributed by atoms with Gasteiger partial charge in [0.15, 0.2) is 0 Å². The van der Waals surface area contributed by atoms with Crippen LogP contribution in [0.2, 0.25) is 10.0 Å². The van der Waals surface area contributed by atoms with Crippen LogP contribution in [0.15, 0.2) is 18.2 Å². The van der Waals surface area contributed by atoms with E-state index >= 15 is 0 Å². The molecule has 0 nitrogen and oxygen atoms in total. The van der Waals surface area contributed by atoms with E-state index in [0.29, 0.717) is 16.7 Å². The lowest BCUT2D eigenvalue weighted by Crippen LogP contribution is -2.13. The molecular weight excluding hydrogens is 307 g/mol. The van der Waals surface area contributed by atoms with Gasteiger partial charge in [0.1, 0.15) is 0 Å². The molecule has 3 atom stereocenters. The van der Waals surface area contributed by atoms with Crippen molar-refractivity contribution in [2.75, 3.05) is 0 Å². The maximum Gasteiger partial charge on any atom is 0.0452 e. The van der Waals surface area contributed by atoms with Crippen molar-refractivity contribution < 1.29 is 0 Å². The zero-order chi connectivity index (χ0) is 11.7. The van der Waals surface area contributed by atoms with Crippen LogP contribution >= 0.6 is 39.1 Å². The fraction of sp³-hybridized carbons (Fsp3) is 0.538. The third-order valence-corrected chi connectivity index (χ3v) is 5.66. The number of rotatable bonds is 2. The average molecular weight is 322 g/mol. The molecule has 0 saturated heterocycles. The maximum absolute atomic E-state index is 6.20. The molecule has 2 rings (SSSR count). The summed E-state index contributed by atoms with van der Waals surface area (Å²) in [4.78, 5) is 0.652. The molecule has 1 fully saturated rings. The number of benzene rings is 1. The van der Waals surface area contributed by atoms with E-state index in [1.807, 2.05) is 18.2 Å². The summed E-state index contributed by atoms with van der Waals surface area (Å²) in [7, 11) is 0. The van der Waals surface area contributed by atoms with Gasteiger partial charge in [0.05, 0.1) is 0 Å². The molecule has 88 valence electrons. The van der Waals surface area contributed by atoms with Crippen LogP contribution in [0.5, 0.6) is 0 Å². The second-order valence-electron chi connectivity index (χ2n) is 4.62. The normalized spacial score (nSPS) is 29.6. The molecule has 3 heteroatoms. The van der Waals surface area contributed by atoms with Crippen molar-refractivity contribution in [3.63, 3.8) is 0 Å². The van der Waals surface area contributed by atoms with Crippen LogP contribution in [-0.2, 0) is 6.42 Å². The molecule has 0 aromatic heterocycles. The van der Waals surface area contributed by atoms with Crippen LogP contribution in [0.4, 0.5) is 0 Å². The van der Waals surface area contributed by atoms with Gasteiger partial charge in [-0.15, -0.1) is 0 Å². The van der Waals surface area contributed by atoms with Crippen molar-refractivity contribution in [1.29, 1.82) is 0 Å². The quantitative estimate of drug-likeness (QED) is 0.644. The first-order valence-electron chi connectivity index (χ1n) is 5.66. The van der Waals surface area contributed by atoms with Crippen molar-refractivity contribution in [2.24, 2.45) is 11.8 Å². The van der Waals surface area contributed by atoms with E-state index in [0.717, 1.165) is 22.0 Å². The first-order valence-corrected chi connectivity index (χ1v) is 7.33. The Morgan fingerprint density at radius 2 is 1.88 bits per heavy atom. The highest BCUT2D eigenvalue weighted by atomic mass is 79.9. The lowest BCUT2D eigenvalue weighted by atomic mass is 9.91. The molecule has 0 radical (unpaired) electrons. The van der Waals surface area contributed by atoms with Crippen LogP contribution in [0, 0.1) is 11.8 Å². The SMILES string of the molecule is CC1C(Br)CCC1Cc1c(Cl)cccc1Cl. The molecule has 0 aliphatic heterocycles. The molecule has 3 unspecified atom stereocenters. The molecule has 1 saturated carbocycles. The number of alkyl halides is 1.